The third-order valence-electron chi connectivity index (χ3n) is 9.84. The fraction of sp³-hybridized carbons (Fsp3) is 0.0204. The molecule has 2 heteroatoms. The van der Waals surface area contributed by atoms with Crippen molar-refractivity contribution in [3.8, 4) is 44.5 Å². The van der Waals surface area contributed by atoms with Crippen molar-refractivity contribution in [3.63, 3.8) is 0 Å². The standard InChI is InChI=1S/C49H35NO/c1-34-33-39(31-32-40(34)44-22-11-10-21-43(44)36-17-6-3-7-18-36)50(46-24-14-26-48-49(46)45-23-12-13-25-47(45)51-48)38-29-27-37(28-30-38)42-20-9-8-19-41(42)35-15-4-2-5-16-35/h2-33H,1H3. The van der Waals surface area contributed by atoms with Gasteiger partial charge in [-0.15, -0.1) is 0 Å². The lowest BCUT2D eigenvalue weighted by atomic mass is 9.92. The highest BCUT2D eigenvalue weighted by Crippen LogP contribution is 2.45. The maximum absolute atomic E-state index is 6.38. The maximum atomic E-state index is 6.38. The van der Waals surface area contributed by atoms with Gasteiger partial charge in [0.15, 0.2) is 0 Å². The molecule has 242 valence electrons. The van der Waals surface area contributed by atoms with Gasteiger partial charge < -0.3 is 9.32 Å². The van der Waals surface area contributed by atoms with Crippen LogP contribution in [0.2, 0.25) is 0 Å². The molecule has 8 aromatic carbocycles. The second-order valence-electron chi connectivity index (χ2n) is 13.0. The van der Waals surface area contributed by atoms with E-state index in [2.05, 4.69) is 194 Å². The second-order valence-corrected chi connectivity index (χ2v) is 13.0. The number of rotatable bonds is 7. The molecule has 0 aliphatic heterocycles. The summed E-state index contributed by atoms with van der Waals surface area (Å²) < 4.78 is 6.38. The van der Waals surface area contributed by atoms with Crippen molar-refractivity contribution in [2.45, 2.75) is 6.92 Å². The van der Waals surface area contributed by atoms with Crippen LogP contribution in [0.1, 0.15) is 5.56 Å². The molecule has 9 rings (SSSR count). The van der Waals surface area contributed by atoms with E-state index in [1.165, 1.54) is 50.1 Å². The van der Waals surface area contributed by atoms with E-state index in [9.17, 15) is 0 Å². The van der Waals surface area contributed by atoms with Crippen molar-refractivity contribution in [3.05, 3.63) is 200 Å². The fourth-order valence-corrected chi connectivity index (χ4v) is 7.44. The topological polar surface area (TPSA) is 16.4 Å². The minimum absolute atomic E-state index is 0.872. The van der Waals surface area contributed by atoms with Crippen LogP contribution in [0.25, 0.3) is 66.4 Å². The number of anilines is 3. The first-order chi connectivity index (χ1) is 25.2. The minimum atomic E-state index is 0.872. The predicted octanol–water partition coefficient (Wildman–Crippen LogP) is 14.0. The number of hydrogen-bond acceptors (Lipinski definition) is 2. The molecule has 0 bridgehead atoms. The molecule has 0 spiro atoms. The zero-order chi connectivity index (χ0) is 34.1. The van der Waals surface area contributed by atoms with Gasteiger partial charge in [-0.3, -0.25) is 0 Å². The number of fused-ring (bicyclic) bond motifs is 3. The first kappa shape index (κ1) is 30.4. The summed E-state index contributed by atoms with van der Waals surface area (Å²) in [4.78, 5) is 2.37. The van der Waals surface area contributed by atoms with Gasteiger partial charge in [-0.2, -0.15) is 0 Å². The molecule has 0 saturated heterocycles. The van der Waals surface area contributed by atoms with Crippen molar-refractivity contribution in [1.29, 1.82) is 0 Å². The molecule has 0 aliphatic carbocycles. The van der Waals surface area contributed by atoms with Crippen molar-refractivity contribution >= 4 is 39.0 Å². The number of para-hydroxylation sites is 1. The Morgan fingerprint density at radius 2 is 0.882 bits per heavy atom. The van der Waals surface area contributed by atoms with Crippen LogP contribution in [-0.4, -0.2) is 0 Å². The number of nitrogens with zero attached hydrogens (tertiary/aromatic N) is 1. The van der Waals surface area contributed by atoms with E-state index in [4.69, 9.17) is 4.42 Å². The number of benzene rings is 8. The molecular formula is C49H35NO. The van der Waals surface area contributed by atoms with E-state index in [1.54, 1.807) is 0 Å². The Balaban J connectivity index is 1.20. The highest BCUT2D eigenvalue weighted by Gasteiger charge is 2.21. The van der Waals surface area contributed by atoms with Gasteiger partial charge in [0, 0.05) is 16.8 Å². The van der Waals surface area contributed by atoms with Crippen molar-refractivity contribution in [2.75, 3.05) is 4.90 Å². The Kier molecular flexibility index (Phi) is 7.75. The van der Waals surface area contributed by atoms with Crippen molar-refractivity contribution in [1.82, 2.24) is 0 Å². The Bertz CT molecular complexity index is 2640. The zero-order valence-corrected chi connectivity index (χ0v) is 28.3. The molecule has 0 saturated carbocycles. The summed E-state index contributed by atoms with van der Waals surface area (Å²) in [6.45, 7) is 2.22. The summed E-state index contributed by atoms with van der Waals surface area (Å²) in [5.74, 6) is 0. The van der Waals surface area contributed by atoms with Gasteiger partial charge in [0.1, 0.15) is 11.2 Å². The maximum Gasteiger partial charge on any atom is 0.137 e. The zero-order valence-electron chi connectivity index (χ0n) is 28.3. The quantitative estimate of drug-likeness (QED) is 0.170. The molecule has 0 N–H and O–H groups in total. The summed E-state index contributed by atoms with van der Waals surface area (Å²) in [5.41, 5.74) is 15.9. The van der Waals surface area contributed by atoms with Crippen LogP contribution in [0.5, 0.6) is 0 Å². The third kappa shape index (κ3) is 5.57. The molecule has 1 aromatic heterocycles. The molecule has 0 aliphatic rings. The molecular weight excluding hydrogens is 619 g/mol. The van der Waals surface area contributed by atoms with E-state index in [0.717, 1.165) is 39.0 Å². The van der Waals surface area contributed by atoms with Crippen LogP contribution in [0, 0.1) is 6.92 Å². The summed E-state index contributed by atoms with van der Waals surface area (Å²) in [5, 5.41) is 2.20. The molecule has 0 unspecified atom stereocenters. The van der Waals surface area contributed by atoms with Gasteiger partial charge in [-0.1, -0.05) is 152 Å². The predicted molar refractivity (Wildman–Crippen MR) is 215 cm³/mol. The van der Waals surface area contributed by atoms with Crippen LogP contribution >= 0.6 is 0 Å². The number of aryl methyl sites for hydroxylation is 1. The monoisotopic (exact) mass is 653 g/mol. The van der Waals surface area contributed by atoms with Crippen LogP contribution in [-0.2, 0) is 0 Å². The first-order valence-corrected chi connectivity index (χ1v) is 17.4. The Morgan fingerprint density at radius 3 is 1.53 bits per heavy atom. The van der Waals surface area contributed by atoms with Crippen LogP contribution in [0.4, 0.5) is 17.1 Å². The SMILES string of the molecule is Cc1cc(N(c2ccc(-c3ccccc3-c3ccccc3)cc2)c2cccc3oc4ccccc4c23)ccc1-c1ccccc1-c1ccccc1. The van der Waals surface area contributed by atoms with E-state index in [-0.39, 0.29) is 0 Å². The van der Waals surface area contributed by atoms with Crippen molar-refractivity contribution in [2.24, 2.45) is 0 Å². The molecule has 0 amide bonds. The minimum Gasteiger partial charge on any atom is -0.456 e. The van der Waals surface area contributed by atoms with Crippen molar-refractivity contribution < 1.29 is 4.42 Å². The molecule has 0 atom stereocenters. The summed E-state index contributed by atoms with van der Waals surface area (Å²) >= 11 is 0. The molecule has 2 nitrogen and oxygen atoms in total. The number of furan rings is 1. The molecule has 0 fully saturated rings. The van der Waals surface area contributed by atoms with E-state index in [0.29, 0.717) is 0 Å². The highest BCUT2D eigenvalue weighted by molar-refractivity contribution is 6.13. The average Bonchev–Trinajstić information content (AvgIpc) is 3.59. The lowest BCUT2D eigenvalue weighted by Gasteiger charge is -2.27. The van der Waals surface area contributed by atoms with E-state index in [1.807, 2.05) is 12.1 Å². The average molecular weight is 654 g/mol. The van der Waals surface area contributed by atoms with Gasteiger partial charge >= 0.3 is 0 Å². The summed E-state index contributed by atoms with van der Waals surface area (Å²) in [6, 6.07) is 69.1. The van der Waals surface area contributed by atoms with Gasteiger partial charge in [-0.25, -0.2) is 0 Å². The smallest absolute Gasteiger partial charge is 0.137 e. The number of hydrogen-bond donors (Lipinski definition) is 0. The Hall–Kier alpha value is -6.64. The highest BCUT2D eigenvalue weighted by atomic mass is 16.3. The van der Waals surface area contributed by atoms with Crippen LogP contribution in [0.15, 0.2) is 199 Å². The van der Waals surface area contributed by atoms with Gasteiger partial charge in [0.25, 0.3) is 0 Å². The Labute approximate surface area is 298 Å². The van der Waals surface area contributed by atoms with Gasteiger partial charge in [0.2, 0.25) is 0 Å². The Morgan fingerprint density at radius 1 is 0.373 bits per heavy atom. The fourth-order valence-electron chi connectivity index (χ4n) is 7.44. The van der Waals surface area contributed by atoms with E-state index >= 15 is 0 Å². The largest absolute Gasteiger partial charge is 0.456 e. The van der Waals surface area contributed by atoms with E-state index < -0.39 is 0 Å². The van der Waals surface area contributed by atoms with Gasteiger partial charge in [0.05, 0.1) is 11.1 Å². The first-order valence-electron chi connectivity index (χ1n) is 17.4. The molecule has 0 radical (unpaired) electrons. The molecule has 51 heavy (non-hydrogen) atoms. The third-order valence-corrected chi connectivity index (χ3v) is 9.84. The molecule has 9 aromatic rings. The summed E-state index contributed by atoms with van der Waals surface area (Å²) in [6.07, 6.45) is 0. The normalized spacial score (nSPS) is 11.2. The summed E-state index contributed by atoms with van der Waals surface area (Å²) in [7, 11) is 0. The van der Waals surface area contributed by atoms with Crippen LogP contribution < -0.4 is 4.90 Å². The second kappa shape index (κ2) is 13.0. The van der Waals surface area contributed by atoms with Crippen LogP contribution in [0.3, 0.4) is 0 Å². The molecule has 1 heterocycles. The lowest BCUT2D eigenvalue weighted by Crippen LogP contribution is -2.10. The lowest BCUT2D eigenvalue weighted by molar-refractivity contribution is 0.669. The van der Waals surface area contributed by atoms with Gasteiger partial charge in [-0.05, 0) is 99.5 Å².